The molecule has 0 aromatic carbocycles. The Morgan fingerprint density at radius 3 is 2.13 bits per heavy atom. The minimum atomic E-state index is 0.755. The normalized spacial score (nSPS) is 14.2. The first-order chi connectivity index (χ1) is 6.93. The van der Waals surface area contributed by atoms with Gasteiger partial charge < -0.3 is 10.2 Å². The van der Waals surface area contributed by atoms with Crippen LogP contribution in [0.1, 0.15) is 34.6 Å². The van der Waals surface area contributed by atoms with E-state index in [0.29, 0.717) is 0 Å². The fourth-order valence-electron chi connectivity index (χ4n) is 1.45. The molecule has 0 aromatic rings. The molecule has 0 rings (SSSR count). The van der Waals surface area contributed by atoms with Gasteiger partial charge in [0.15, 0.2) is 0 Å². The number of nitrogens with zero attached hydrogens (tertiary/aromatic N) is 1. The summed E-state index contributed by atoms with van der Waals surface area (Å²) in [4.78, 5) is 2.43. The monoisotopic (exact) mass is 214 g/mol. The van der Waals surface area contributed by atoms with Crippen LogP contribution >= 0.6 is 0 Å². The molecule has 0 radical (unpaired) electrons. The van der Waals surface area contributed by atoms with Crippen LogP contribution < -0.4 is 5.32 Å². The average Bonchev–Trinajstić information content (AvgIpc) is 2.12. The van der Waals surface area contributed by atoms with Crippen LogP contribution in [-0.2, 0) is 0 Å². The van der Waals surface area contributed by atoms with Gasteiger partial charge in [0.25, 0.3) is 0 Å². The molecule has 0 heterocycles. The Balaban J connectivity index is 3.44. The fourth-order valence-corrected chi connectivity index (χ4v) is 1.45. The summed E-state index contributed by atoms with van der Waals surface area (Å²) < 4.78 is 0. The second-order valence-corrected chi connectivity index (χ2v) is 5.58. The van der Waals surface area contributed by atoms with E-state index >= 15 is 0 Å². The summed E-state index contributed by atoms with van der Waals surface area (Å²) in [6.07, 6.45) is 0. The minimum Gasteiger partial charge on any atom is -0.315 e. The molecule has 0 saturated heterocycles. The zero-order valence-corrected chi connectivity index (χ0v) is 11.5. The maximum Gasteiger partial charge on any atom is 0.0104 e. The van der Waals surface area contributed by atoms with Crippen molar-refractivity contribution in [2.75, 3.05) is 33.2 Å². The van der Waals surface area contributed by atoms with Crippen molar-refractivity contribution in [1.82, 2.24) is 10.2 Å². The van der Waals surface area contributed by atoms with E-state index in [-0.39, 0.29) is 0 Å². The van der Waals surface area contributed by atoms with Crippen molar-refractivity contribution in [2.45, 2.75) is 34.6 Å². The van der Waals surface area contributed by atoms with Crippen molar-refractivity contribution in [3.8, 4) is 0 Å². The van der Waals surface area contributed by atoms with E-state index in [2.05, 4.69) is 51.9 Å². The van der Waals surface area contributed by atoms with Gasteiger partial charge >= 0.3 is 0 Å². The molecule has 0 amide bonds. The largest absolute Gasteiger partial charge is 0.315 e. The van der Waals surface area contributed by atoms with Crippen LogP contribution in [-0.4, -0.2) is 38.1 Å². The van der Waals surface area contributed by atoms with Crippen molar-refractivity contribution >= 4 is 0 Å². The van der Waals surface area contributed by atoms with Gasteiger partial charge in [-0.1, -0.05) is 34.6 Å². The van der Waals surface area contributed by atoms with Crippen molar-refractivity contribution in [1.29, 1.82) is 0 Å². The van der Waals surface area contributed by atoms with Gasteiger partial charge in [-0.3, -0.25) is 0 Å². The Morgan fingerprint density at radius 2 is 1.67 bits per heavy atom. The SMILES string of the molecule is CC(C)CNCCN(C)CC(C)C(C)C. The van der Waals surface area contributed by atoms with Crippen molar-refractivity contribution < 1.29 is 0 Å². The Hall–Kier alpha value is -0.0800. The highest BCUT2D eigenvalue weighted by molar-refractivity contribution is 4.63. The highest BCUT2D eigenvalue weighted by atomic mass is 15.1. The lowest BCUT2D eigenvalue weighted by atomic mass is 9.98. The van der Waals surface area contributed by atoms with Gasteiger partial charge in [0.05, 0.1) is 0 Å². The van der Waals surface area contributed by atoms with Crippen LogP contribution in [0.2, 0.25) is 0 Å². The molecule has 92 valence electrons. The molecule has 1 unspecified atom stereocenters. The summed E-state index contributed by atoms with van der Waals surface area (Å²) in [5.74, 6) is 2.33. The number of nitrogens with one attached hydrogen (secondary N) is 1. The second-order valence-electron chi connectivity index (χ2n) is 5.58. The van der Waals surface area contributed by atoms with Crippen LogP contribution in [0.25, 0.3) is 0 Å². The number of hydrogen-bond donors (Lipinski definition) is 1. The van der Waals surface area contributed by atoms with E-state index < -0.39 is 0 Å². The summed E-state index contributed by atoms with van der Waals surface area (Å²) >= 11 is 0. The molecule has 15 heavy (non-hydrogen) atoms. The lowest BCUT2D eigenvalue weighted by molar-refractivity contribution is 0.248. The van der Waals surface area contributed by atoms with E-state index in [0.717, 1.165) is 37.4 Å². The maximum absolute atomic E-state index is 3.48. The standard InChI is InChI=1S/C13H30N2/c1-11(2)9-14-7-8-15(6)10-13(5)12(3)4/h11-14H,7-10H2,1-6H3. The van der Waals surface area contributed by atoms with E-state index in [1.807, 2.05) is 0 Å². The fraction of sp³-hybridized carbons (Fsp3) is 1.00. The van der Waals surface area contributed by atoms with Gasteiger partial charge in [-0.05, 0) is 31.3 Å². The topological polar surface area (TPSA) is 15.3 Å². The van der Waals surface area contributed by atoms with Gasteiger partial charge in [0.1, 0.15) is 0 Å². The van der Waals surface area contributed by atoms with Gasteiger partial charge in [0, 0.05) is 19.6 Å². The molecule has 2 heteroatoms. The predicted octanol–water partition coefficient (Wildman–Crippen LogP) is 2.46. The molecule has 0 fully saturated rings. The third-order valence-corrected chi connectivity index (χ3v) is 2.96. The first kappa shape index (κ1) is 14.9. The zero-order chi connectivity index (χ0) is 11.8. The summed E-state index contributed by atoms with van der Waals surface area (Å²) in [7, 11) is 2.22. The van der Waals surface area contributed by atoms with Crippen molar-refractivity contribution in [3.05, 3.63) is 0 Å². The molecule has 1 N–H and O–H groups in total. The molecule has 0 spiro atoms. The van der Waals surface area contributed by atoms with E-state index in [4.69, 9.17) is 0 Å². The Bertz CT molecular complexity index is 143. The van der Waals surface area contributed by atoms with Gasteiger partial charge in [-0.2, -0.15) is 0 Å². The summed E-state index contributed by atoms with van der Waals surface area (Å²) in [5.41, 5.74) is 0. The number of likely N-dealkylation sites (N-methyl/N-ethyl adjacent to an activating group) is 1. The van der Waals surface area contributed by atoms with Crippen molar-refractivity contribution in [2.24, 2.45) is 17.8 Å². The van der Waals surface area contributed by atoms with Crippen LogP contribution in [0.15, 0.2) is 0 Å². The molecular weight excluding hydrogens is 184 g/mol. The van der Waals surface area contributed by atoms with E-state index in [1.165, 1.54) is 6.54 Å². The lowest BCUT2D eigenvalue weighted by Gasteiger charge is -2.23. The summed E-state index contributed by atoms with van der Waals surface area (Å²) in [6.45, 7) is 16.0. The smallest absolute Gasteiger partial charge is 0.0104 e. The van der Waals surface area contributed by atoms with Crippen LogP contribution in [0.3, 0.4) is 0 Å². The third-order valence-electron chi connectivity index (χ3n) is 2.96. The summed E-state index contributed by atoms with van der Waals surface area (Å²) in [5, 5.41) is 3.48. The molecule has 0 bridgehead atoms. The van der Waals surface area contributed by atoms with Crippen LogP contribution in [0.4, 0.5) is 0 Å². The molecule has 0 aliphatic heterocycles. The molecule has 1 atom stereocenters. The summed E-state index contributed by atoms with van der Waals surface area (Å²) in [6, 6.07) is 0. The predicted molar refractivity (Wildman–Crippen MR) is 69.2 cm³/mol. The highest BCUT2D eigenvalue weighted by Gasteiger charge is 2.09. The molecule has 0 aliphatic carbocycles. The lowest BCUT2D eigenvalue weighted by Crippen LogP contribution is -2.34. The molecule has 2 nitrogen and oxygen atoms in total. The molecule has 0 aromatic heterocycles. The minimum absolute atomic E-state index is 0.755. The first-order valence-electron chi connectivity index (χ1n) is 6.32. The third kappa shape index (κ3) is 8.88. The molecule has 0 saturated carbocycles. The first-order valence-corrected chi connectivity index (χ1v) is 6.32. The Morgan fingerprint density at radius 1 is 1.07 bits per heavy atom. The molecular formula is C13H30N2. The van der Waals surface area contributed by atoms with Crippen LogP contribution in [0.5, 0.6) is 0 Å². The van der Waals surface area contributed by atoms with Crippen molar-refractivity contribution in [3.63, 3.8) is 0 Å². The quantitative estimate of drug-likeness (QED) is 0.624. The Kier molecular flexibility index (Phi) is 8.07. The highest BCUT2D eigenvalue weighted by Crippen LogP contribution is 2.10. The number of rotatable bonds is 8. The zero-order valence-electron chi connectivity index (χ0n) is 11.5. The van der Waals surface area contributed by atoms with Crippen LogP contribution in [0, 0.1) is 17.8 Å². The Labute approximate surface area is 96.4 Å². The molecule has 0 aliphatic rings. The average molecular weight is 214 g/mol. The van der Waals surface area contributed by atoms with Gasteiger partial charge in [-0.15, -0.1) is 0 Å². The second kappa shape index (κ2) is 8.12. The van der Waals surface area contributed by atoms with E-state index in [1.54, 1.807) is 0 Å². The van der Waals surface area contributed by atoms with E-state index in [9.17, 15) is 0 Å². The maximum atomic E-state index is 3.48. The van der Waals surface area contributed by atoms with Gasteiger partial charge in [0.2, 0.25) is 0 Å². The number of hydrogen-bond acceptors (Lipinski definition) is 2. The van der Waals surface area contributed by atoms with Gasteiger partial charge in [-0.25, -0.2) is 0 Å².